The van der Waals surface area contributed by atoms with Crippen LogP contribution in [0.25, 0.3) is 64.1 Å². The van der Waals surface area contributed by atoms with Crippen LogP contribution in [0.4, 0.5) is 105 Å². The maximum atomic E-state index is 15.3. The molecule has 0 fully saturated rings. The molecule has 8 aromatic rings. The molecule has 0 radical (unpaired) electrons. The van der Waals surface area contributed by atoms with E-state index < -0.39 is 118 Å². The molecule has 0 saturated heterocycles. The molecule has 2 aliphatic carbocycles. The van der Waals surface area contributed by atoms with Gasteiger partial charge < -0.3 is 10.2 Å². The molecular weight excluding hydrogens is 1490 g/mol. The van der Waals surface area contributed by atoms with E-state index in [0.29, 0.717) is 41.8 Å². The summed E-state index contributed by atoms with van der Waals surface area (Å²) in [5.41, 5.74) is -3.83. The minimum atomic E-state index is -5.59. The van der Waals surface area contributed by atoms with E-state index in [9.17, 15) is 90.0 Å². The number of ketones is 2. The Labute approximate surface area is 560 Å². The van der Waals surface area contributed by atoms with E-state index in [1.165, 1.54) is 76.7 Å². The average Bonchev–Trinajstić information content (AvgIpc) is 1.54. The van der Waals surface area contributed by atoms with Gasteiger partial charge in [0.1, 0.15) is 0 Å². The van der Waals surface area contributed by atoms with E-state index in [-0.39, 0.29) is 61.2 Å². The first-order chi connectivity index (χ1) is 44.0. The third-order valence-electron chi connectivity index (χ3n) is 13.8. The van der Waals surface area contributed by atoms with E-state index in [0.717, 1.165) is 45.3 Å². The predicted octanol–water partition coefficient (Wildman–Crippen LogP) is 19.8. The normalized spacial score (nSPS) is 17.1. The molecule has 0 N–H and O–H groups in total. The molecule has 6 nitrogen and oxygen atoms in total. The molecule has 35 heteroatoms. The van der Waals surface area contributed by atoms with Crippen LogP contribution in [0.1, 0.15) is 41.8 Å². The van der Waals surface area contributed by atoms with Crippen molar-refractivity contribution in [2.75, 3.05) is 0 Å². The topological polar surface area (TPSA) is 106 Å². The van der Waals surface area contributed by atoms with Gasteiger partial charge in [0, 0.05) is 86.1 Å². The number of carbonyl (C=O) groups is 2. The van der Waals surface area contributed by atoms with Crippen LogP contribution in [-0.2, 0) is 29.1 Å². The smallest absolute Gasteiger partial charge is 0.869 e. The summed E-state index contributed by atoms with van der Waals surface area (Å²) in [6.45, 7) is 5.89. The molecule has 0 unspecified atom stereocenters. The molecule has 2 aromatic carbocycles. The van der Waals surface area contributed by atoms with Crippen LogP contribution >= 0.6 is 45.3 Å². The summed E-state index contributed by atoms with van der Waals surface area (Å²) in [4.78, 5) is 30.5. The molecule has 10 rings (SSSR count). The third-order valence-corrected chi connectivity index (χ3v) is 18.2. The quantitative estimate of drug-likeness (QED) is 0.0584. The largest absolute Gasteiger partial charge is 2.00 e. The van der Waals surface area contributed by atoms with Gasteiger partial charge in [-0.05, 0) is 144 Å². The average molecular weight is 1520 g/mol. The maximum absolute atomic E-state index is 15.3. The van der Waals surface area contributed by atoms with Gasteiger partial charge in [0.25, 0.3) is 11.6 Å². The zero-order valence-corrected chi connectivity index (χ0v) is 55.0. The van der Waals surface area contributed by atoms with Crippen LogP contribution in [0.2, 0.25) is 0 Å². The number of halogens is 24. The van der Waals surface area contributed by atoms with E-state index in [1.807, 2.05) is 0 Å². The Morgan fingerprint density at radius 1 is 0.361 bits per heavy atom. The van der Waals surface area contributed by atoms with Crippen molar-refractivity contribution in [2.24, 2.45) is 0 Å². The van der Waals surface area contributed by atoms with Crippen molar-refractivity contribution in [1.82, 2.24) is 9.97 Å². The first-order valence-corrected chi connectivity index (χ1v) is 29.6. The molecule has 0 aliphatic heterocycles. The fourth-order valence-electron chi connectivity index (χ4n) is 9.16. The number of hydrogen-bond donors (Lipinski definition) is 0. The van der Waals surface area contributed by atoms with Crippen LogP contribution in [0.5, 0.6) is 0 Å². The molecule has 2 aliphatic rings. The SMILES string of the molecule is Cc1sc(-c2ccccc2)cc1C1=C(c2cc(-c3ccncc3)sc2C)C(F)(F)C(F)(F)C1(F)F.Cc1sc(-c2ccccc2)cc1C1=C(c2cc(-c3ccncc3)sc2C)C(F)(F)C(F)(F)C1(F)F.O=C(/C=C(\[O-])C(F)(F)F)C(F)(F)F.O=C(/C=C(\[O-])C(F)(F)F)C(F)(F)F.[Zn+2]. The molecule has 97 heavy (non-hydrogen) atoms. The monoisotopic (exact) mass is 1520 g/mol. The first-order valence-electron chi connectivity index (χ1n) is 26.3. The van der Waals surface area contributed by atoms with Gasteiger partial charge in [0.2, 0.25) is 0 Å². The van der Waals surface area contributed by atoms with Crippen molar-refractivity contribution >= 4 is 79.2 Å². The molecule has 0 saturated carbocycles. The Kier molecular flexibility index (Phi) is 22.9. The Morgan fingerprint density at radius 2 is 0.567 bits per heavy atom. The first kappa shape index (κ1) is 78.4. The van der Waals surface area contributed by atoms with Crippen molar-refractivity contribution in [3.8, 4) is 41.8 Å². The Hall–Kier alpha value is -7.62. The molecule has 6 heterocycles. The number of benzene rings is 2. The van der Waals surface area contributed by atoms with Gasteiger partial charge in [-0.1, -0.05) is 60.7 Å². The minimum absolute atomic E-state index is 0. The Bertz CT molecular complexity index is 3810. The molecule has 0 spiro atoms. The number of thiophene rings is 4. The van der Waals surface area contributed by atoms with Crippen LogP contribution in [0.15, 0.2) is 158 Å². The number of hydrogen-bond acceptors (Lipinski definition) is 10. The number of allylic oxidation sites excluding steroid dienone is 8. The van der Waals surface area contributed by atoms with Crippen molar-refractivity contribution in [2.45, 2.75) is 87.9 Å². The van der Waals surface area contributed by atoms with E-state index in [1.54, 1.807) is 84.9 Å². The number of carbonyl (C=O) groups excluding carboxylic acids is 2. The van der Waals surface area contributed by atoms with Gasteiger partial charge >= 0.3 is 79.7 Å². The molecule has 0 atom stereocenters. The predicted molar refractivity (Wildman–Crippen MR) is 307 cm³/mol. The summed E-state index contributed by atoms with van der Waals surface area (Å²) in [7, 11) is 0. The second-order valence-corrected chi connectivity index (χ2v) is 25.2. The zero-order valence-electron chi connectivity index (χ0n) is 48.8. The zero-order chi connectivity index (χ0) is 72.1. The summed E-state index contributed by atoms with van der Waals surface area (Å²) in [5.74, 6) is -42.8. The van der Waals surface area contributed by atoms with E-state index in [4.69, 9.17) is 0 Å². The molecule has 0 bridgehead atoms. The summed E-state index contributed by atoms with van der Waals surface area (Å²) in [5, 5.41) is 19.6. The number of alkyl halides is 24. The van der Waals surface area contributed by atoms with Crippen LogP contribution < -0.4 is 10.2 Å². The van der Waals surface area contributed by atoms with Crippen molar-refractivity contribution in [1.29, 1.82) is 0 Å². The van der Waals surface area contributed by atoms with Gasteiger partial charge in [-0.2, -0.15) is 105 Å². The number of pyridine rings is 2. The van der Waals surface area contributed by atoms with Gasteiger partial charge in [0.15, 0.2) is 0 Å². The van der Waals surface area contributed by atoms with Crippen LogP contribution in [-0.4, -0.2) is 81.8 Å². The number of aromatic nitrogens is 2. The van der Waals surface area contributed by atoms with Crippen LogP contribution in [0.3, 0.4) is 0 Å². The van der Waals surface area contributed by atoms with Crippen molar-refractivity contribution in [3.63, 3.8) is 0 Å². The maximum Gasteiger partial charge on any atom is 2.00 e. The second kappa shape index (κ2) is 28.3. The standard InChI is InChI=1S/2C26H17F6NS2.2C5H2F6O2.Zn/c2*1-14-18(12-20(34-14)16-6-4-3-5-7-16)22-23(25(29,30)26(31,32)24(22,27)28)19-13-21(35-15(19)2)17-8-10-33-11-9-17;2*6-4(7,8)2(12)1-3(13)5(9,10)11;/h2*3-13H,1-2H3;2*1,12H;/q;;;;+2/p-2/b;;2*2-1-;. The number of aryl methyl sites for hydroxylation is 4. The molecule has 6 aromatic heterocycles. The van der Waals surface area contributed by atoms with E-state index >= 15 is 35.1 Å². The van der Waals surface area contributed by atoms with Crippen molar-refractivity contribution in [3.05, 3.63) is 199 Å². The second-order valence-electron chi connectivity index (χ2n) is 20.2. The summed E-state index contributed by atoms with van der Waals surface area (Å²) < 4.78 is 317. The third kappa shape index (κ3) is 15.8. The molecule has 0 amide bonds. The Balaban J connectivity index is 0.000000225. The molecular formula is C62H36F24N2O4S4Zn. The minimum Gasteiger partial charge on any atom is -0.869 e. The molecule has 512 valence electrons. The van der Waals surface area contributed by atoms with E-state index in [2.05, 4.69) is 9.97 Å². The summed E-state index contributed by atoms with van der Waals surface area (Å²) >= 11 is 4.35. The summed E-state index contributed by atoms with van der Waals surface area (Å²) in [6.07, 6.45) is -17.9. The number of rotatable bonds is 10. The fraction of sp³-hybridized carbons (Fsp3) is 0.226. The van der Waals surface area contributed by atoms with Crippen molar-refractivity contribution < 1.29 is 145 Å². The summed E-state index contributed by atoms with van der Waals surface area (Å²) in [6, 6.07) is 29.2. The van der Waals surface area contributed by atoms with Crippen LogP contribution in [0, 0.1) is 27.7 Å². The van der Waals surface area contributed by atoms with Gasteiger partial charge in [-0.3, -0.25) is 19.6 Å². The Morgan fingerprint density at radius 3 is 0.763 bits per heavy atom. The van der Waals surface area contributed by atoms with Gasteiger partial charge in [-0.15, -0.1) is 45.3 Å². The van der Waals surface area contributed by atoms with Gasteiger partial charge in [0.05, 0.1) is 0 Å². The number of nitrogens with zero attached hydrogens (tertiary/aromatic N) is 2. The fourth-order valence-corrected chi connectivity index (χ4v) is 13.3. The van der Waals surface area contributed by atoms with Gasteiger partial charge in [-0.25, -0.2) is 0 Å².